The Bertz CT molecular complexity index is 1060. The number of likely N-dealkylation sites (N-methyl/N-ethyl adjacent to an activating group) is 1. The van der Waals surface area contributed by atoms with Crippen LogP contribution >= 0.6 is 0 Å². The van der Waals surface area contributed by atoms with Crippen molar-refractivity contribution in [2.45, 2.75) is 20.4 Å². The molecule has 1 aromatic heterocycles. The zero-order chi connectivity index (χ0) is 24.0. The quantitative estimate of drug-likeness (QED) is 0.444. The molecule has 0 atom stereocenters. The van der Waals surface area contributed by atoms with E-state index in [9.17, 15) is 13.6 Å². The molecule has 0 spiro atoms. The number of benzene rings is 2. The van der Waals surface area contributed by atoms with Gasteiger partial charge >= 0.3 is 0 Å². The Kier molecular flexibility index (Phi) is 8.16. The summed E-state index contributed by atoms with van der Waals surface area (Å²) in [6, 6.07) is 11.7. The molecule has 0 unspecified atom stereocenters. The fourth-order valence-electron chi connectivity index (χ4n) is 3.61. The van der Waals surface area contributed by atoms with Gasteiger partial charge in [-0.05, 0) is 70.4 Å². The van der Waals surface area contributed by atoms with Crippen molar-refractivity contribution >= 4 is 11.8 Å². The Balaban J connectivity index is 2.04. The lowest BCUT2D eigenvalue weighted by atomic mass is 10.1. The standard InChI is InChI=1S/C25H30F2N4O2/c1-5-30(6-2)25-22(23(28-33-25)18-10-12-20(26)13-11-18)17-31(15-14-29(3)4)24(32)19-8-7-9-21(27)16-19/h7-13,16H,5-6,14-15,17H2,1-4H3. The molecule has 0 aliphatic carbocycles. The Morgan fingerprint density at radius 3 is 2.27 bits per heavy atom. The lowest BCUT2D eigenvalue weighted by Gasteiger charge is -2.26. The predicted molar refractivity (Wildman–Crippen MR) is 125 cm³/mol. The van der Waals surface area contributed by atoms with Gasteiger partial charge < -0.3 is 19.2 Å². The predicted octanol–water partition coefficient (Wildman–Crippen LogP) is 4.67. The molecule has 0 aliphatic rings. The van der Waals surface area contributed by atoms with Crippen LogP contribution in [-0.4, -0.2) is 61.1 Å². The van der Waals surface area contributed by atoms with E-state index in [1.165, 1.54) is 30.3 Å². The number of hydrogen-bond donors (Lipinski definition) is 0. The molecule has 2 aromatic carbocycles. The molecule has 6 nitrogen and oxygen atoms in total. The van der Waals surface area contributed by atoms with Gasteiger partial charge in [0.25, 0.3) is 5.91 Å². The molecule has 0 fully saturated rings. The van der Waals surface area contributed by atoms with E-state index in [-0.39, 0.29) is 23.8 Å². The van der Waals surface area contributed by atoms with Crippen molar-refractivity contribution in [1.82, 2.24) is 15.0 Å². The first kappa shape index (κ1) is 24.4. The van der Waals surface area contributed by atoms with Crippen LogP contribution in [0.5, 0.6) is 0 Å². The highest BCUT2D eigenvalue weighted by molar-refractivity contribution is 5.94. The molecule has 0 N–H and O–H groups in total. The Hall–Kier alpha value is -3.26. The van der Waals surface area contributed by atoms with Crippen LogP contribution in [0.3, 0.4) is 0 Å². The van der Waals surface area contributed by atoms with Crippen molar-refractivity contribution < 1.29 is 18.1 Å². The van der Waals surface area contributed by atoms with E-state index in [0.29, 0.717) is 43.3 Å². The van der Waals surface area contributed by atoms with E-state index >= 15 is 0 Å². The summed E-state index contributed by atoms with van der Waals surface area (Å²) in [6.07, 6.45) is 0. The Labute approximate surface area is 193 Å². The molecule has 1 amide bonds. The molecular weight excluding hydrogens is 426 g/mol. The number of anilines is 1. The second kappa shape index (κ2) is 11.0. The molecule has 3 rings (SSSR count). The van der Waals surface area contributed by atoms with Crippen LogP contribution in [0, 0.1) is 11.6 Å². The second-order valence-corrected chi connectivity index (χ2v) is 8.03. The number of nitrogens with zero attached hydrogens (tertiary/aromatic N) is 4. The van der Waals surface area contributed by atoms with Gasteiger partial charge in [0.05, 0.1) is 12.1 Å². The maximum absolute atomic E-state index is 13.8. The SMILES string of the molecule is CCN(CC)c1onc(-c2ccc(F)cc2)c1CN(CCN(C)C)C(=O)c1cccc(F)c1. The Morgan fingerprint density at radius 2 is 1.67 bits per heavy atom. The van der Waals surface area contributed by atoms with Crippen LogP contribution in [0.2, 0.25) is 0 Å². The van der Waals surface area contributed by atoms with Crippen molar-refractivity contribution in [3.8, 4) is 11.3 Å². The van der Waals surface area contributed by atoms with Gasteiger partial charge in [-0.3, -0.25) is 4.79 Å². The highest BCUT2D eigenvalue weighted by atomic mass is 19.1. The number of halogens is 2. The molecule has 0 bridgehead atoms. The summed E-state index contributed by atoms with van der Waals surface area (Å²) in [4.78, 5) is 19.0. The molecule has 1 heterocycles. The van der Waals surface area contributed by atoms with Crippen molar-refractivity contribution in [2.75, 3.05) is 45.2 Å². The summed E-state index contributed by atoms with van der Waals surface area (Å²) in [5.74, 6) is -0.523. The molecule has 0 radical (unpaired) electrons. The van der Waals surface area contributed by atoms with Gasteiger partial charge in [0.2, 0.25) is 5.88 Å². The third kappa shape index (κ3) is 5.96. The highest BCUT2D eigenvalue weighted by Gasteiger charge is 2.26. The number of amides is 1. The van der Waals surface area contributed by atoms with Gasteiger partial charge in [0, 0.05) is 37.3 Å². The lowest BCUT2D eigenvalue weighted by Crippen LogP contribution is -2.37. The van der Waals surface area contributed by atoms with Crippen LogP contribution in [0.25, 0.3) is 11.3 Å². The number of carbonyl (C=O) groups is 1. The smallest absolute Gasteiger partial charge is 0.254 e. The molecular formula is C25H30F2N4O2. The van der Waals surface area contributed by atoms with Crippen molar-refractivity contribution in [2.24, 2.45) is 0 Å². The monoisotopic (exact) mass is 456 g/mol. The van der Waals surface area contributed by atoms with Crippen molar-refractivity contribution in [1.29, 1.82) is 0 Å². The molecule has 33 heavy (non-hydrogen) atoms. The molecule has 176 valence electrons. The van der Waals surface area contributed by atoms with Gasteiger partial charge in [-0.25, -0.2) is 8.78 Å². The van der Waals surface area contributed by atoms with E-state index in [1.54, 1.807) is 23.1 Å². The first-order valence-corrected chi connectivity index (χ1v) is 11.0. The summed E-state index contributed by atoms with van der Waals surface area (Å²) in [7, 11) is 3.85. The number of aromatic nitrogens is 1. The van der Waals surface area contributed by atoms with Crippen LogP contribution < -0.4 is 4.90 Å². The largest absolute Gasteiger partial charge is 0.341 e. The van der Waals surface area contributed by atoms with E-state index in [4.69, 9.17) is 4.52 Å². The third-order valence-electron chi connectivity index (χ3n) is 5.46. The Morgan fingerprint density at radius 1 is 0.970 bits per heavy atom. The molecule has 8 heteroatoms. The summed E-state index contributed by atoms with van der Waals surface area (Å²) < 4.78 is 33.1. The third-order valence-corrected chi connectivity index (χ3v) is 5.46. The minimum Gasteiger partial charge on any atom is -0.341 e. The highest BCUT2D eigenvalue weighted by Crippen LogP contribution is 2.33. The lowest BCUT2D eigenvalue weighted by molar-refractivity contribution is 0.0732. The summed E-state index contributed by atoms with van der Waals surface area (Å²) >= 11 is 0. The number of hydrogen-bond acceptors (Lipinski definition) is 5. The van der Waals surface area contributed by atoms with E-state index in [2.05, 4.69) is 5.16 Å². The van der Waals surface area contributed by atoms with Gasteiger partial charge in [0.15, 0.2) is 0 Å². The summed E-state index contributed by atoms with van der Waals surface area (Å²) in [5.41, 5.74) is 2.25. The van der Waals surface area contributed by atoms with Crippen molar-refractivity contribution in [3.63, 3.8) is 0 Å². The minimum absolute atomic E-state index is 0.214. The van der Waals surface area contributed by atoms with E-state index < -0.39 is 5.82 Å². The topological polar surface area (TPSA) is 52.8 Å². The number of rotatable bonds is 10. The molecule has 0 saturated heterocycles. The van der Waals surface area contributed by atoms with Gasteiger partial charge in [-0.1, -0.05) is 11.2 Å². The fraction of sp³-hybridized carbons (Fsp3) is 0.360. The fourth-order valence-corrected chi connectivity index (χ4v) is 3.61. The summed E-state index contributed by atoms with van der Waals surface area (Å²) in [6.45, 7) is 6.66. The van der Waals surface area contributed by atoms with Crippen LogP contribution in [0.4, 0.5) is 14.7 Å². The van der Waals surface area contributed by atoms with Gasteiger partial charge in [-0.2, -0.15) is 0 Å². The van der Waals surface area contributed by atoms with Gasteiger partial charge in [-0.15, -0.1) is 0 Å². The maximum Gasteiger partial charge on any atom is 0.254 e. The minimum atomic E-state index is -0.464. The van der Waals surface area contributed by atoms with Crippen LogP contribution in [0.15, 0.2) is 53.1 Å². The first-order chi connectivity index (χ1) is 15.8. The first-order valence-electron chi connectivity index (χ1n) is 11.0. The molecule has 0 aliphatic heterocycles. The normalized spacial score (nSPS) is 11.1. The zero-order valence-electron chi connectivity index (χ0n) is 19.5. The average molecular weight is 457 g/mol. The molecule has 3 aromatic rings. The maximum atomic E-state index is 13.8. The average Bonchev–Trinajstić information content (AvgIpc) is 3.20. The van der Waals surface area contributed by atoms with Crippen LogP contribution in [-0.2, 0) is 6.54 Å². The second-order valence-electron chi connectivity index (χ2n) is 8.03. The number of carbonyl (C=O) groups excluding carboxylic acids is 1. The molecule has 0 saturated carbocycles. The van der Waals surface area contributed by atoms with E-state index in [1.807, 2.05) is 37.7 Å². The van der Waals surface area contributed by atoms with Crippen molar-refractivity contribution in [3.05, 3.63) is 71.3 Å². The van der Waals surface area contributed by atoms with Gasteiger partial charge in [0.1, 0.15) is 17.3 Å². The summed E-state index contributed by atoms with van der Waals surface area (Å²) in [5, 5.41) is 4.28. The zero-order valence-corrected chi connectivity index (χ0v) is 19.5. The van der Waals surface area contributed by atoms with Crippen LogP contribution in [0.1, 0.15) is 29.8 Å². The van der Waals surface area contributed by atoms with E-state index in [0.717, 1.165) is 5.56 Å².